The fourth-order valence-electron chi connectivity index (χ4n) is 3.00. The van der Waals surface area contributed by atoms with Crippen molar-refractivity contribution in [3.05, 3.63) is 47.1 Å². The average Bonchev–Trinajstić information content (AvgIpc) is 3.00. The molecule has 2 saturated heterocycles. The number of hydrogen-bond donors (Lipinski definition) is 2. The summed E-state index contributed by atoms with van der Waals surface area (Å²) in [6, 6.07) is 7.80. The van der Waals surface area contributed by atoms with Crippen LogP contribution in [0, 0.1) is 0 Å². The predicted molar refractivity (Wildman–Crippen MR) is 110 cm³/mol. The van der Waals surface area contributed by atoms with E-state index >= 15 is 0 Å². The van der Waals surface area contributed by atoms with Gasteiger partial charge in [-0.05, 0) is 37.1 Å². The molecule has 2 aliphatic rings. The summed E-state index contributed by atoms with van der Waals surface area (Å²) in [5.74, 6) is 0.368. The molecule has 138 valence electrons. The summed E-state index contributed by atoms with van der Waals surface area (Å²) >= 11 is 6.30. The molecule has 6 nitrogen and oxygen atoms in total. The van der Waals surface area contributed by atoms with Crippen LogP contribution in [0.3, 0.4) is 0 Å². The smallest absolute Gasteiger partial charge is 0.263 e. The lowest BCUT2D eigenvalue weighted by atomic mass is 10.1. The van der Waals surface area contributed by atoms with E-state index in [0.717, 1.165) is 42.8 Å². The summed E-state index contributed by atoms with van der Waals surface area (Å²) in [5.41, 5.74) is 2.55. The second-order valence-electron chi connectivity index (χ2n) is 6.31. The van der Waals surface area contributed by atoms with E-state index in [1.807, 2.05) is 30.3 Å². The molecule has 4 rings (SSSR count). The number of hydrogen-bond acceptors (Lipinski definition) is 7. The van der Waals surface area contributed by atoms with Crippen LogP contribution < -0.4 is 15.4 Å². The van der Waals surface area contributed by atoms with Gasteiger partial charge < -0.3 is 15.4 Å². The summed E-state index contributed by atoms with van der Waals surface area (Å²) in [5, 5.41) is 5.95. The highest BCUT2D eigenvalue weighted by molar-refractivity contribution is 8.26. The van der Waals surface area contributed by atoms with E-state index < -0.39 is 0 Å². The zero-order valence-corrected chi connectivity index (χ0v) is 16.1. The van der Waals surface area contributed by atoms with Crippen LogP contribution in [-0.4, -0.2) is 39.4 Å². The van der Waals surface area contributed by atoms with Gasteiger partial charge in [0.2, 0.25) is 5.88 Å². The van der Waals surface area contributed by atoms with Crippen molar-refractivity contribution >= 4 is 40.3 Å². The van der Waals surface area contributed by atoms with E-state index in [4.69, 9.17) is 17.0 Å². The number of benzene rings is 1. The molecular formula is C19H18N4O2S2. The molecule has 1 aromatic heterocycles. The van der Waals surface area contributed by atoms with Crippen molar-refractivity contribution in [2.45, 2.75) is 18.9 Å². The Balaban J connectivity index is 1.55. The summed E-state index contributed by atoms with van der Waals surface area (Å²) in [6.45, 7) is 1.87. The highest BCUT2D eigenvalue weighted by Crippen LogP contribution is 2.27. The zero-order valence-electron chi connectivity index (χ0n) is 14.5. The van der Waals surface area contributed by atoms with Gasteiger partial charge in [0.15, 0.2) is 0 Å². The van der Waals surface area contributed by atoms with Gasteiger partial charge in [-0.2, -0.15) is 0 Å². The van der Waals surface area contributed by atoms with Gasteiger partial charge in [0.1, 0.15) is 10.4 Å². The third-order valence-electron chi connectivity index (χ3n) is 4.27. The molecule has 1 amide bonds. The number of carbonyl (C=O) groups excluding carboxylic acids is 1. The van der Waals surface area contributed by atoms with Crippen molar-refractivity contribution in [2.24, 2.45) is 0 Å². The number of rotatable bonds is 4. The maximum atomic E-state index is 11.8. The molecule has 0 aliphatic carbocycles. The maximum absolute atomic E-state index is 11.8. The molecule has 2 N–H and O–H groups in total. The van der Waals surface area contributed by atoms with Crippen LogP contribution in [0.5, 0.6) is 5.88 Å². The van der Waals surface area contributed by atoms with Crippen molar-refractivity contribution < 1.29 is 9.53 Å². The minimum atomic E-state index is -0.160. The normalized spacial score (nSPS) is 21.3. The number of nitrogens with zero attached hydrogens (tertiary/aromatic N) is 2. The van der Waals surface area contributed by atoms with Crippen LogP contribution in [0.4, 0.5) is 0 Å². The summed E-state index contributed by atoms with van der Waals surface area (Å²) < 4.78 is 6.44. The summed E-state index contributed by atoms with van der Waals surface area (Å²) in [4.78, 5) is 21.3. The predicted octanol–water partition coefficient (Wildman–Crippen LogP) is 2.76. The third-order valence-corrected chi connectivity index (χ3v) is 5.44. The number of ether oxygens (including phenoxy) is 1. The van der Waals surface area contributed by atoms with E-state index in [1.54, 1.807) is 12.4 Å². The highest BCUT2D eigenvalue weighted by atomic mass is 32.2. The van der Waals surface area contributed by atoms with E-state index in [2.05, 4.69) is 20.6 Å². The molecular weight excluding hydrogens is 380 g/mol. The van der Waals surface area contributed by atoms with E-state index in [9.17, 15) is 4.79 Å². The Hall–Kier alpha value is -2.29. The molecule has 2 fully saturated rings. The number of amides is 1. The number of piperidine rings is 1. The summed E-state index contributed by atoms with van der Waals surface area (Å²) in [6.07, 6.45) is 7.42. The lowest BCUT2D eigenvalue weighted by molar-refractivity contribution is -0.115. The molecule has 8 heteroatoms. The largest absolute Gasteiger partial charge is 0.472 e. The van der Waals surface area contributed by atoms with Gasteiger partial charge in [-0.1, -0.05) is 42.2 Å². The summed E-state index contributed by atoms with van der Waals surface area (Å²) in [7, 11) is 0. The molecule has 1 atom stereocenters. The molecule has 0 spiro atoms. The Bertz CT molecular complexity index is 910. The van der Waals surface area contributed by atoms with Crippen molar-refractivity contribution in [2.75, 3.05) is 13.1 Å². The SMILES string of the molecule is O=C1NC(=S)SC1=Cc1cccc(-c2cncc(OC3CCCNC3)n2)c1. The molecule has 1 aromatic carbocycles. The molecule has 2 aromatic rings. The Morgan fingerprint density at radius 3 is 3.04 bits per heavy atom. The van der Waals surface area contributed by atoms with Crippen molar-refractivity contribution in [3.8, 4) is 17.1 Å². The molecule has 0 saturated carbocycles. The van der Waals surface area contributed by atoms with Crippen molar-refractivity contribution in [3.63, 3.8) is 0 Å². The van der Waals surface area contributed by atoms with Crippen LogP contribution in [0.15, 0.2) is 41.6 Å². The van der Waals surface area contributed by atoms with E-state index in [-0.39, 0.29) is 12.0 Å². The Labute approximate surface area is 166 Å². The van der Waals surface area contributed by atoms with Gasteiger partial charge in [0, 0.05) is 12.1 Å². The molecule has 27 heavy (non-hydrogen) atoms. The quantitative estimate of drug-likeness (QED) is 0.606. The Morgan fingerprint density at radius 2 is 2.26 bits per heavy atom. The van der Waals surface area contributed by atoms with Gasteiger partial charge in [0.25, 0.3) is 5.91 Å². The first-order valence-electron chi connectivity index (χ1n) is 8.72. The molecule has 0 radical (unpaired) electrons. The lowest BCUT2D eigenvalue weighted by Gasteiger charge is -2.23. The Kier molecular flexibility index (Phi) is 5.47. The lowest BCUT2D eigenvalue weighted by Crippen LogP contribution is -2.37. The van der Waals surface area contributed by atoms with Crippen LogP contribution in [0.2, 0.25) is 0 Å². The monoisotopic (exact) mass is 398 g/mol. The number of thiocarbonyl (C=S) groups is 1. The van der Waals surface area contributed by atoms with Crippen molar-refractivity contribution in [1.82, 2.24) is 20.6 Å². The second-order valence-corrected chi connectivity index (χ2v) is 8.03. The maximum Gasteiger partial charge on any atom is 0.263 e. The topological polar surface area (TPSA) is 76.1 Å². The highest BCUT2D eigenvalue weighted by Gasteiger charge is 2.22. The van der Waals surface area contributed by atoms with Crippen LogP contribution in [0.25, 0.3) is 17.3 Å². The average molecular weight is 399 g/mol. The minimum Gasteiger partial charge on any atom is -0.472 e. The zero-order chi connectivity index (χ0) is 18.6. The molecule has 3 heterocycles. The van der Waals surface area contributed by atoms with Crippen LogP contribution >= 0.6 is 24.0 Å². The van der Waals surface area contributed by atoms with Crippen LogP contribution in [0.1, 0.15) is 18.4 Å². The molecule has 1 unspecified atom stereocenters. The standard InChI is InChI=1S/C19H18N4O2S2/c24-18-16(27-19(26)23-18)8-12-3-1-4-13(7-12)15-10-21-11-17(22-15)25-14-5-2-6-20-9-14/h1,3-4,7-8,10-11,14,20H,2,5-6,9H2,(H,23,24,26). The first-order chi connectivity index (χ1) is 13.2. The number of nitrogens with one attached hydrogen (secondary N) is 2. The minimum absolute atomic E-state index is 0.126. The van der Waals surface area contributed by atoms with Crippen molar-refractivity contribution in [1.29, 1.82) is 0 Å². The number of aromatic nitrogens is 2. The van der Waals surface area contributed by atoms with Gasteiger partial charge in [-0.25, -0.2) is 4.98 Å². The number of carbonyl (C=O) groups is 1. The van der Waals surface area contributed by atoms with Gasteiger partial charge in [0.05, 0.1) is 23.0 Å². The first-order valence-corrected chi connectivity index (χ1v) is 9.94. The van der Waals surface area contributed by atoms with Gasteiger partial charge in [-0.15, -0.1) is 0 Å². The van der Waals surface area contributed by atoms with Crippen LogP contribution in [-0.2, 0) is 4.79 Å². The van der Waals surface area contributed by atoms with E-state index in [0.29, 0.717) is 15.1 Å². The fraction of sp³-hybridized carbons (Fsp3) is 0.263. The van der Waals surface area contributed by atoms with E-state index in [1.165, 1.54) is 11.8 Å². The molecule has 0 bridgehead atoms. The third kappa shape index (κ3) is 4.52. The first kappa shape index (κ1) is 18.1. The Morgan fingerprint density at radius 1 is 1.33 bits per heavy atom. The fourth-order valence-corrected chi connectivity index (χ4v) is 4.04. The van der Waals surface area contributed by atoms with Gasteiger partial charge >= 0.3 is 0 Å². The second kappa shape index (κ2) is 8.16. The van der Waals surface area contributed by atoms with Gasteiger partial charge in [-0.3, -0.25) is 9.78 Å². The number of thioether (sulfide) groups is 1. The molecule has 2 aliphatic heterocycles.